The van der Waals surface area contributed by atoms with Crippen molar-refractivity contribution >= 4 is 17.3 Å². The monoisotopic (exact) mass is 274 g/mol. The molecule has 0 fully saturated rings. The topological polar surface area (TPSA) is 121 Å². The minimum Gasteiger partial charge on any atom is -0.358 e. The zero-order valence-electron chi connectivity index (χ0n) is 9.78. The Labute approximate surface area is 110 Å². The third-order valence-electron chi connectivity index (χ3n) is 2.64. The highest BCUT2D eigenvalue weighted by atomic mass is 16.6. The second kappa shape index (κ2) is 4.12. The first kappa shape index (κ1) is 11.8. The van der Waals surface area contributed by atoms with Crippen LogP contribution in [0.1, 0.15) is 0 Å². The first-order valence-electron chi connectivity index (χ1n) is 5.40. The molecule has 10 nitrogen and oxygen atoms in total. The molecule has 0 N–H and O–H groups in total. The van der Waals surface area contributed by atoms with Gasteiger partial charge in [0.05, 0.1) is 23.6 Å². The molecule has 3 aromatic rings. The van der Waals surface area contributed by atoms with Gasteiger partial charge in [-0.1, -0.05) is 6.07 Å². The van der Waals surface area contributed by atoms with Gasteiger partial charge in [0, 0.05) is 6.07 Å². The number of hydrogen-bond acceptors (Lipinski definition) is 6. The van der Waals surface area contributed by atoms with Gasteiger partial charge in [0.15, 0.2) is 0 Å². The Morgan fingerprint density at radius 3 is 2.50 bits per heavy atom. The number of rotatable bonds is 3. The Morgan fingerprint density at radius 2 is 1.85 bits per heavy atom. The van der Waals surface area contributed by atoms with Crippen molar-refractivity contribution in [2.24, 2.45) is 0 Å². The van der Waals surface area contributed by atoms with Gasteiger partial charge in [0.2, 0.25) is 5.65 Å². The van der Waals surface area contributed by atoms with Crippen LogP contribution in [-0.2, 0) is 0 Å². The van der Waals surface area contributed by atoms with Crippen molar-refractivity contribution in [1.82, 2.24) is 19.2 Å². The minimum absolute atomic E-state index is 0.0747. The van der Waals surface area contributed by atoms with E-state index in [4.69, 9.17) is 0 Å². The zero-order chi connectivity index (χ0) is 14.3. The van der Waals surface area contributed by atoms with Crippen molar-refractivity contribution in [2.45, 2.75) is 0 Å². The van der Waals surface area contributed by atoms with Crippen molar-refractivity contribution < 1.29 is 9.85 Å². The van der Waals surface area contributed by atoms with E-state index < -0.39 is 15.7 Å². The van der Waals surface area contributed by atoms with Gasteiger partial charge in [0.25, 0.3) is 5.82 Å². The number of nitro groups is 2. The number of nitrogens with zero attached hydrogens (tertiary/aromatic N) is 6. The van der Waals surface area contributed by atoms with Gasteiger partial charge in [-0.2, -0.15) is 9.38 Å². The molecule has 0 amide bonds. The predicted molar refractivity (Wildman–Crippen MR) is 65.6 cm³/mol. The molecule has 0 saturated heterocycles. The zero-order valence-corrected chi connectivity index (χ0v) is 9.78. The Bertz CT molecular complexity index is 835. The van der Waals surface area contributed by atoms with Crippen LogP contribution in [0.15, 0.2) is 36.7 Å². The molecule has 3 heterocycles. The molecule has 3 rings (SSSR count). The van der Waals surface area contributed by atoms with E-state index in [1.54, 1.807) is 18.2 Å². The lowest BCUT2D eigenvalue weighted by molar-refractivity contribution is -0.391. The highest BCUT2D eigenvalue weighted by Gasteiger charge is 2.27. The average Bonchev–Trinajstić information content (AvgIpc) is 3.02. The summed E-state index contributed by atoms with van der Waals surface area (Å²) in [5, 5.41) is 25.4. The van der Waals surface area contributed by atoms with Gasteiger partial charge in [-0.05, 0) is 15.9 Å². The van der Waals surface area contributed by atoms with Gasteiger partial charge in [-0.25, -0.2) is 0 Å². The first-order chi connectivity index (χ1) is 9.58. The van der Waals surface area contributed by atoms with Gasteiger partial charge < -0.3 is 20.2 Å². The van der Waals surface area contributed by atoms with Crippen molar-refractivity contribution in [3.8, 4) is 5.82 Å². The maximum Gasteiger partial charge on any atom is 0.390 e. The lowest BCUT2D eigenvalue weighted by Crippen LogP contribution is -2.02. The summed E-state index contributed by atoms with van der Waals surface area (Å²) in [5.41, 5.74) is 0.354. The summed E-state index contributed by atoms with van der Waals surface area (Å²) in [5.74, 6) is -0.788. The van der Waals surface area contributed by atoms with Crippen molar-refractivity contribution in [2.75, 3.05) is 0 Å². The Morgan fingerprint density at radius 1 is 1.05 bits per heavy atom. The molecule has 10 heteroatoms. The fraction of sp³-hybridized carbons (Fsp3) is 0. The van der Waals surface area contributed by atoms with Crippen molar-refractivity contribution in [1.29, 1.82) is 0 Å². The van der Waals surface area contributed by atoms with Crippen LogP contribution in [0.2, 0.25) is 0 Å². The van der Waals surface area contributed by atoms with E-state index in [2.05, 4.69) is 10.1 Å². The fourth-order valence-electron chi connectivity index (χ4n) is 1.82. The van der Waals surface area contributed by atoms with Crippen LogP contribution in [-0.4, -0.2) is 29.0 Å². The molecule has 0 aliphatic heterocycles. The lowest BCUT2D eigenvalue weighted by atomic mass is 10.5. The number of aromatic nitrogens is 4. The molecule has 0 radical (unpaired) electrons. The number of fused-ring (bicyclic) bond motifs is 1. The summed E-state index contributed by atoms with van der Waals surface area (Å²) in [7, 11) is 0. The summed E-state index contributed by atoms with van der Waals surface area (Å²) < 4.78 is 2.30. The molecule has 3 aromatic heterocycles. The van der Waals surface area contributed by atoms with Crippen LogP contribution in [0.5, 0.6) is 0 Å². The van der Waals surface area contributed by atoms with Crippen LogP contribution in [0.25, 0.3) is 11.5 Å². The molecule has 0 aliphatic rings. The number of imidazole rings is 1. The Kier molecular flexibility index (Phi) is 2.42. The predicted octanol–water partition coefficient (Wildman–Crippen LogP) is 1.34. The molecule has 0 spiro atoms. The van der Waals surface area contributed by atoms with Crippen LogP contribution in [0.4, 0.5) is 11.6 Å². The molecule has 0 aromatic carbocycles. The number of pyridine rings is 1. The Balaban J connectivity index is 2.26. The standard InChI is InChI=1S/C10H6N6O4/c17-15(18)8-4-6-14(12-8)9-10(16(19)20)13-5-2-1-3-7(13)11-9/h1-6H. The van der Waals surface area contributed by atoms with E-state index in [0.29, 0.717) is 5.65 Å². The summed E-state index contributed by atoms with van der Waals surface area (Å²) in [6, 6.07) is 6.04. The van der Waals surface area contributed by atoms with Gasteiger partial charge >= 0.3 is 11.6 Å². The normalized spacial score (nSPS) is 10.8. The van der Waals surface area contributed by atoms with E-state index >= 15 is 0 Å². The summed E-state index contributed by atoms with van der Waals surface area (Å²) in [6.07, 6.45) is 2.74. The molecule has 0 atom stereocenters. The van der Waals surface area contributed by atoms with Crippen molar-refractivity contribution in [3.63, 3.8) is 0 Å². The molecule has 20 heavy (non-hydrogen) atoms. The first-order valence-corrected chi connectivity index (χ1v) is 5.40. The molecule has 0 aliphatic carbocycles. The van der Waals surface area contributed by atoms with E-state index in [9.17, 15) is 20.2 Å². The van der Waals surface area contributed by atoms with Crippen LogP contribution in [0, 0.1) is 20.2 Å². The largest absolute Gasteiger partial charge is 0.390 e. The van der Waals surface area contributed by atoms with E-state index in [0.717, 1.165) is 10.7 Å². The average molecular weight is 274 g/mol. The smallest absolute Gasteiger partial charge is 0.358 e. The van der Waals surface area contributed by atoms with Crippen LogP contribution in [0.3, 0.4) is 0 Å². The summed E-state index contributed by atoms with van der Waals surface area (Å²) in [6.45, 7) is 0. The second-order valence-electron chi connectivity index (χ2n) is 3.82. The summed E-state index contributed by atoms with van der Waals surface area (Å²) >= 11 is 0. The van der Waals surface area contributed by atoms with Crippen molar-refractivity contribution in [3.05, 3.63) is 56.9 Å². The minimum atomic E-state index is -0.682. The van der Waals surface area contributed by atoms with Gasteiger partial charge in [-0.15, -0.1) is 4.68 Å². The second-order valence-corrected chi connectivity index (χ2v) is 3.82. The highest BCUT2D eigenvalue weighted by Crippen LogP contribution is 2.24. The third-order valence-corrected chi connectivity index (χ3v) is 2.64. The molecule has 100 valence electrons. The Hall–Kier alpha value is -3.30. The fourth-order valence-corrected chi connectivity index (χ4v) is 1.82. The highest BCUT2D eigenvalue weighted by molar-refractivity contribution is 5.55. The third kappa shape index (κ3) is 1.67. The molecule has 0 bridgehead atoms. The molecular formula is C10H6N6O4. The maximum absolute atomic E-state index is 11.2. The molecule has 0 saturated carbocycles. The maximum atomic E-state index is 11.2. The van der Waals surface area contributed by atoms with E-state index in [1.807, 2.05) is 0 Å². The van der Waals surface area contributed by atoms with Gasteiger partial charge in [-0.3, -0.25) is 0 Å². The molecular weight excluding hydrogens is 268 g/mol. The van der Waals surface area contributed by atoms with Gasteiger partial charge in [0.1, 0.15) is 0 Å². The quantitative estimate of drug-likeness (QED) is 0.524. The van der Waals surface area contributed by atoms with E-state index in [-0.39, 0.29) is 11.6 Å². The number of hydrogen-bond donors (Lipinski definition) is 0. The summed E-state index contributed by atoms with van der Waals surface area (Å²) in [4.78, 5) is 24.6. The van der Waals surface area contributed by atoms with Crippen LogP contribution >= 0.6 is 0 Å². The SMILES string of the molecule is O=[N+]([O-])c1ccn(-c2nc3ccccn3c2[N+](=O)[O-])n1. The van der Waals surface area contributed by atoms with Crippen LogP contribution < -0.4 is 0 Å². The van der Waals surface area contributed by atoms with E-state index in [1.165, 1.54) is 16.8 Å². The lowest BCUT2D eigenvalue weighted by Gasteiger charge is -1.94. The molecule has 0 unspecified atom stereocenters.